The lowest BCUT2D eigenvalue weighted by Crippen LogP contribution is -2.41. The van der Waals surface area contributed by atoms with Gasteiger partial charge in [0.15, 0.2) is 0 Å². The molecule has 1 saturated carbocycles. The molecule has 19 heavy (non-hydrogen) atoms. The van der Waals surface area contributed by atoms with Gasteiger partial charge in [0, 0.05) is 12.6 Å². The van der Waals surface area contributed by atoms with E-state index in [1.165, 1.54) is 5.56 Å². The molecule has 0 amide bonds. The summed E-state index contributed by atoms with van der Waals surface area (Å²) in [6.45, 7) is 2.57. The van der Waals surface area contributed by atoms with Crippen molar-refractivity contribution in [1.82, 2.24) is 4.90 Å². The van der Waals surface area contributed by atoms with Gasteiger partial charge in [-0.25, -0.2) is 0 Å². The molecule has 0 aliphatic heterocycles. The molecule has 1 aromatic rings. The zero-order valence-corrected chi connectivity index (χ0v) is 11.5. The van der Waals surface area contributed by atoms with E-state index in [4.69, 9.17) is 9.84 Å². The molecule has 1 aliphatic rings. The molecule has 2 rings (SSSR count). The van der Waals surface area contributed by atoms with Gasteiger partial charge in [-0.05, 0) is 43.9 Å². The third-order valence-electron chi connectivity index (χ3n) is 3.69. The standard InChI is InChI=1S/C15H21NO3/c1-11(15(17)18)16(13-5-6-13)10-9-12-3-7-14(19-2)8-4-12/h3-4,7-8,11,13H,5-6,9-10H2,1-2H3,(H,17,18). The second-order valence-corrected chi connectivity index (χ2v) is 5.08. The van der Waals surface area contributed by atoms with Crippen LogP contribution in [0.15, 0.2) is 24.3 Å². The number of methoxy groups -OCH3 is 1. The van der Waals surface area contributed by atoms with E-state index >= 15 is 0 Å². The number of hydrogen-bond acceptors (Lipinski definition) is 3. The van der Waals surface area contributed by atoms with Crippen LogP contribution >= 0.6 is 0 Å². The van der Waals surface area contributed by atoms with Gasteiger partial charge in [-0.1, -0.05) is 12.1 Å². The van der Waals surface area contributed by atoms with Crippen LogP contribution in [0.3, 0.4) is 0 Å². The molecule has 0 bridgehead atoms. The lowest BCUT2D eigenvalue weighted by molar-refractivity contribution is -0.142. The van der Waals surface area contributed by atoms with E-state index in [1.54, 1.807) is 14.0 Å². The van der Waals surface area contributed by atoms with Gasteiger partial charge in [0.25, 0.3) is 0 Å². The monoisotopic (exact) mass is 263 g/mol. The van der Waals surface area contributed by atoms with Crippen molar-refractivity contribution < 1.29 is 14.6 Å². The van der Waals surface area contributed by atoms with Crippen LogP contribution in [0, 0.1) is 0 Å². The molecular weight excluding hydrogens is 242 g/mol. The van der Waals surface area contributed by atoms with E-state index in [0.717, 1.165) is 31.6 Å². The molecule has 0 radical (unpaired) electrons. The second-order valence-electron chi connectivity index (χ2n) is 5.08. The van der Waals surface area contributed by atoms with Crippen molar-refractivity contribution >= 4 is 5.97 Å². The number of hydrogen-bond donors (Lipinski definition) is 1. The quantitative estimate of drug-likeness (QED) is 0.819. The fourth-order valence-corrected chi connectivity index (χ4v) is 2.29. The van der Waals surface area contributed by atoms with E-state index in [2.05, 4.69) is 4.90 Å². The zero-order chi connectivity index (χ0) is 13.8. The Kier molecular flexibility index (Phi) is 4.43. The van der Waals surface area contributed by atoms with Crippen molar-refractivity contribution in [2.75, 3.05) is 13.7 Å². The molecule has 1 aliphatic carbocycles. The number of nitrogens with zero attached hydrogens (tertiary/aromatic N) is 1. The second kappa shape index (κ2) is 6.06. The maximum atomic E-state index is 11.1. The van der Waals surface area contributed by atoms with Gasteiger partial charge in [0.1, 0.15) is 11.8 Å². The Hall–Kier alpha value is -1.55. The Labute approximate surface area is 114 Å². The third-order valence-corrected chi connectivity index (χ3v) is 3.69. The first kappa shape index (κ1) is 13.9. The molecule has 1 unspecified atom stereocenters. The van der Waals surface area contributed by atoms with Crippen molar-refractivity contribution in [1.29, 1.82) is 0 Å². The molecule has 1 fully saturated rings. The molecular formula is C15H21NO3. The van der Waals surface area contributed by atoms with Crippen molar-refractivity contribution in [2.24, 2.45) is 0 Å². The fraction of sp³-hybridized carbons (Fsp3) is 0.533. The van der Waals surface area contributed by atoms with E-state index in [0.29, 0.717) is 6.04 Å². The molecule has 4 nitrogen and oxygen atoms in total. The normalized spacial score (nSPS) is 16.4. The number of carboxylic acid groups (broad SMARTS) is 1. The first-order valence-electron chi connectivity index (χ1n) is 6.73. The van der Waals surface area contributed by atoms with Crippen molar-refractivity contribution in [3.63, 3.8) is 0 Å². The Bertz CT molecular complexity index is 426. The first-order valence-corrected chi connectivity index (χ1v) is 6.73. The van der Waals surface area contributed by atoms with E-state index in [-0.39, 0.29) is 0 Å². The summed E-state index contributed by atoms with van der Waals surface area (Å²) in [4.78, 5) is 13.2. The van der Waals surface area contributed by atoms with E-state index in [1.807, 2.05) is 24.3 Å². The van der Waals surface area contributed by atoms with Gasteiger partial charge < -0.3 is 9.84 Å². The van der Waals surface area contributed by atoms with Gasteiger partial charge in [0.2, 0.25) is 0 Å². The molecule has 0 aromatic heterocycles. The molecule has 104 valence electrons. The minimum atomic E-state index is -0.735. The average Bonchev–Trinajstić information content (AvgIpc) is 3.24. The fourth-order valence-electron chi connectivity index (χ4n) is 2.29. The smallest absolute Gasteiger partial charge is 0.320 e. The Morgan fingerprint density at radius 2 is 2.05 bits per heavy atom. The lowest BCUT2D eigenvalue weighted by atomic mass is 10.1. The summed E-state index contributed by atoms with van der Waals surface area (Å²) >= 11 is 0. The number of ether oxygens (including phenoxy) is 1. The summed E-state index contributed by atoms with van der Waals surface area (Å²) in [6, 6.07) is 8.02. The maximum absolute atomic E-state index is 11.1. The topological polar surface area (TPSA) is 49.8 Å². The summed E-state index contributed by atoms with van der Waals surface area (Å²) in [5, 5.41) is 9.14. The number of aliphatic carboxylic acids is 1. The van der Waals surface area contributed by atoms with Gasteiger partial charge in [-0.2, -0.15) is 0 Å². The molecule has 1 atom stereocenters. The number of rotatable bonds is 7. The number of carbonyl (C=O) groups is 1. The van der Waals surface area contributed by atoms with Crippen LogP contribution < -0.4 is 4.74 Å². The highest BCUT2D eigenvalue weighted by atomic mass is 16.5. The van der Waals surface area contributed by atoms with Gasteiger partial charge in [0.05, 0.1) is 7.11 Å². The molecule has 1 aromatic carbocycles. The van der Waals surface area contributed by atoms with E-state index < -0.39 is 12.0 Å². The van der Waals surface area contributed by atoms with E-state index in [9.17, 15) is 4.79 Å². The highest BCUT2D eigenvalue weighted by Crippen LogP contribution is 2.29. The van der Waals surface area contributed by atoms with Crippen LogP contribution in [0.1, 0.15) is 25.3 Å². The molecule has 0 spiro atoms. The first-order chi connectivity index (χ1) is 9.11. The zero-order valence-electron chi connectivity index (χ0n) is 11.5. The molecule has 4 heteroatoms. The Balaban J connectivity index is 1.92. The average molecular weight is 263 g/mol. The van der Waals surface area contributed by atoms with Crippen LogP contribution in [0.25, 0.3) is 0 Å². The summed E-state index contributed by atoms with van der Waals surface area (Å²) in [5.74, 6) is 0.114. The van der Waals surface area contributed by atoms with Crippen LogP contribution in [-0.2, 0) is 11.2 Å². The van der Waals surface area contributed by atoms with Crippen LogP contribution in [0.4, 0.5) is 0 Å². The SMILES string of the molecule is COc1ccc(CCN(C2CC2)C(C)C(=O)O)cc1. The van der Waals surface area contributed by atoms with Crippen LogP contribution in [-0.4, -0.2) is 41.7 Å². The molecule has 0 heterocycles. The van der Waals surface area contributed by atoms with Crippen molar-refractivity contribution in [3.05, 3.63) is 29.8 Å². The molecule has 1 N–H and O–H groups in total. The largest absolute Gasteiger partial charge is 0.497 e. The lowest BCUT2D eigenvalue weighted by Gasteiger charge is -2.26. The van der Waals surface area contributed by atoms with Crippen molar-refractivity contribution in [2.45, 2.75) is 38.3 Å². The minimum absolute atomic E-state index is 0.397. The van der Waals surface area contributed by atoms with Gasteiger partial charge in [-0.15, -0.1) is 0 Å². The summed E-state index contributed by atoms with van der Waals surface area (Å²) in [5.41, 5.74) is 1.21. The van der Waals surface area contributed by atoms with Crippen LogP contribution in [0.5, 0.6) is 5.75 Å². The third kappa shape index (κ3) is 3.70. The highest BCUT2D eigenvalue weighted by Gasteiger charge is 2.34. The predicted octanol–water partition coefficient (Wildman–Crippen LogP) is 2.18. The molecule has 0 saturated heterocycles. The van der Waals surface area contributed by atoms with Gasteiger partial charge in [-0.3, -0.25) is 9.69 Å². The predicted molar refractivity (Wildman–Crippen MR) is 73.5 cm³/mol. The summed E-state index contributed by atoms with van der Waals surface area (Å²) in [6.07, 6.45) is 3.12. The maximum Gasteiger partial charge on any atom is 0.320 e. The number of benzene rings is 1. The number of carboxylic acids is 1. The highest BCUT2D eigenvalue weighted by molar-refractivity contribution is 5.73. The Morgan fingerprint density at radius 1 is 1.42 bits per heavy atom. The minimum Gasteiger partial charge on any atom is -0.497 e. The summed E-state index contributed by atoms with van der Waals surface area (Å²) < 4.78 is 5.12. The van der Waals surface area contributed by atoms with Crippen LogP contribution in [0.2, 0.25) is 0 Å². The summed E-state index contributed by atoms with van der Waals surface area (Å²) in [7, 11) is 1.65. The Morgan fingerprint density at radius 3 is 2.53 bits per heavy atom. The van der Waals surface area contributed by atoms with Crippen molar-refractivity contribution in [3.8, 4) is 5.75 Å². The van der Waals surface area contributed by atoms with Gasteiger partial charge >= 0.3 is 5.97 Å².